The molecular weight excluding hydrogens is 304 g/mol. The summed E-state index contributed by atoms with van der Waals surface area (Å²) in [7, 11) is 0. The first-order chi connectivity index (χ1) is 10.6. The lowest BCUT2D eigenvalue weighted by molar-refractivity contribution is 0.0911. The Bertz CT molecular complexity index is 607. The van der Waals surface area contributed by atoms with Gasteiger partial charge in [0.15, 0.2) is 5.82 Å². The number of thioether (sulfide) groups is 1. The minimum Gasteiger partial charge on any atom is -0.376 e. The molecule has 1 aliphatic rings. The van der Waals surface area contributed by atoms with Gasteiger partial charge in [-0.25, -0.2) is 4.68 Å². The molecule has 0 bridgehead atoms. The third-order valence-electron chi connectivity index (χ3n) is 3.50. The van der Waals surface area contributed by atoms with Crippen LogP contribution in [-0.4, -0.2) is 43.1 Å². The van der Waals surface area contributed by atoms with Gasteiger partial charge in [0, 0.05) is 12.5 Å². The zero-order valence-electron chi connectivity index (χ0n) is 13.0. The summed E-state index contributed by atoms with van der Waals surface area (Å²) >= 11 is 1.51. The van der Waals surface area contributed by atoms with Gasteiger partial charge in [-0.05, 0) is 30.2 Å². The monoisotopic (exact) mass is 324 g/mol. The van der Waals surface area contributed by atoms with Crippen LogP contribution in [0.4, 0.5) is 0 Å². The van der Waals surface area contributed by atoms with E-state index in [0.29, 0.717) is 12.4 Å². The van der Waals surface area contributed by atoms with Gasteiger partial charge in [0.1, 0.15) is 0 Å². The molecule has 3 heterocycles. The maximum absolute atomic E-state index is 5.63. The lowest BCUT2D eigenvalue weighted by Crippen LogP contribution is -2.17. The maximum atomic E-state index is 5.63. The van der Waals surface area contributed by atoms with Crippen molar-refractivity contribution in [1.29, 1.82) is 0 Å². The molecule has 2 atom stereocenters. The third kappa shape index (κ3) is 3.46. The molecule has 0 aliphatic carbocycles. The second kappa shape index (κ2) is 6.74. The highest BCUT2D eigenvalue weighted by atomic mass is 32.2. The second-order valence-electron chi connectivity index (χ2n) is 5.68. The SMILES string of the molecule is CC(C)c1noc([C@H](C)Sc2nnnn2C[C@H]2CCCO2)n1. The van der Waals surface area contributed by atoms with Crippen molar-refractivity contribution < 1.29 is 9.26 Å². The fourth-order valence-electron chi connectivity index (χ4n) is 2.23. The summed E-state index contributed by atoms with van der Waals surface area (Å²) in [5, 5.41) is 16.6. The molecule has 120 valence electrons. The van der Waals surface area contributed by atoms with Gasteiger partial charge in [-0.2, -0.15) is 4.98 Å². The first-order valence-electron chi connectivity index (χ1n) is 7.51. The van der Waals surface area contributed by atoms with E-state index >= 15 is 0 Å². The Morgan fingerprint density at radius 1 is 1.36 bits per heavy atom. The van der Waals surface area contributed by atoms with E-state index < -0.39 is 0 Å². The highest BCUT2D eigenvalue weighted by Gasteiger charge is 2.22. The van der Waals surface area contributed by atoms with Crippen LogP contribution in [0.2, 0.25) is 0 Å². The molecule has 9 heteroatoms. The third-order valence-corrected chi connectivity index (χ3v) is 4.56. The summed E-state index contributed by atoms with van der Waals surface area (Å²) in [4.78, 5) is 4.42. The molecule has 1 fully saturated rings. The van der Waals surface area contributed by atoms with E-state index in [4.69, 9.17) is 9.26 Å². The van der Waals surface area contributed by atoms with Crippen molar-refractivity contribution in [3.63, 3.8) is 0 Å². The summed E-state index contributed by atoms with van der Waals surface area (Å²) in [6, 6.07) is 0. The second-order valence-corrected chi connectivity index (χ2v) is 6.99. The van der Waals surface area contributed by atoms with Gasteiger partial charge in [-0.1, -0.05) is 30.8 Å². The van der Waals surface area contributed by atoms with Crippen LogP contribution in [0.1, 0.15) is 56.5 Å². The van der Waals surface area contributed by atoms with Gasteiger partial charge in [-0.3, -0.25) is 0 Å². The van der Waals surface area contributed by atoms with Crippen molar-refractivity contribution in [1.82, 2.24) is 30.3 Å². The molecule has 0 aromatic carbocycles. The molecule has 1 saturated heterocycles. The summed E-state index contributed by atoms with van der Waals surface area (Å²) in [6.07, 6.45) is 2.36. The zero-order chi connectivity index (χ0) is 15.5. The fraction of sp³-hybridized carbons (Fsp3) is 0.769. The van der Waals surface area contributed by atoms with Crippen LogP contribution in [0.3, 0.4) is 0 Å². The standard InChI is InChI=1S/C13H20N6O2S/c1-8(2)11-14-12(21-16-11)9(3)22-13-15-17-18-19(13)7-10-5-4-6-20-10/h8-10H,4-7H2,1-3H3/t9-,10+/m0/s1. The molecule has 8 nitrogen and oxygen atoms in total. The Morgan fingerprint density at radius 3 is 2.91 bits per heavy atom. The van der Waals surface area contributed by atoms with Crippen LogP contribution in [0.15, 0.2) is 9.68 Å². The van der Waals surface area contributed by atoms with E-state index in [2.05, 4.69) is 25.7 Å². The van der Waals surface area contributed by atoms with Crippen molar-refractivity contribution in [2.75, 3.05) is 6.61 Å². The van der Waals surface area contributed by atoms with Crippen LogP contribution in [0.25, 0.3) is 0 Å². The van der Waals surface area contributed by atoms with Gasteiger partial charge in [-0.15, -0.1) is 5.10 Å². The number of rotatable bonds is 6. The number of tetrazole rings is 1. The molecule has 0 saturated carbocycles. The molecule has 3 rings (SSSR count). The molecule has 22 heavy (non-hydrogen) atoms. The Labute approximate surface area is 133 Å². The van der Waals surface area contributed by atoms with E-state index in [-0.39, 0.29) is 17.3 Å². The van der Waals surface area contributed by atoms with Gasteiger partial charge in [0.2, 0.25) is 11.0 Å². The van der Waals surface area contributed by atoms with Gasteiger partial charge in [0.25, 0.3) is 0 Å². The number of ether oxygens (including phenoxy) is 1. The lowest BCUT2D eigenvalue weighted by Gasteiger charge is -2.11. The first-order valence-corrected chi connectivity index (χ1v) is 8.39. The molecule has 0 amide bonds. The van der Waals surface area contributed by atoms with Crippen LogP contribution >= 0.6 is 11.8 Å². The van der Waals surface area contributed by atoms with E-state index in [1.54, 1.807) is 4.68 Å². The summed E-state index contributed by atoms with van der Waals surface area (Å²) in [5.74, 6) is 1.57. The maximum Gasteiger partial charge on any atom is 0.239 e. The number of nitrogens with zero attached hydrogens (tertiary/aromatic N) is 6. The smallest absolute Gasteiger partial charge is 0.239 e. The van der Waals surface area contributed by atoms with E-state index in [0.717, 1.165) is 30.4 Å². The zero-order valence-corrected chi connectivity index (χ0v) is 13.8. The van der Waals surface area contributed by atoms with Crippen molar-refractivity contribution in [3.05, 3.63) is 11.7 Å². The minimum atomic E-state index is -0.00533. The summed E-state index contributed by atoms with van der Waals surface area (Å²) in [6.45, 7) is 7.59. The van der Waals surface area contributed by atoms with Crippen molar-refractivity contribution in [2.24, 2.45) is 0 Å². The van der Waals surface area contributed by atoms with Gasteiger partial charge in [0.05, 0.1) is 17.9 Å². The van der Waals surface area contributed by atoms with Gasteiger partial charge >= 0.3 is 0 Å². The molecule has 0 N–H and O–H groups in total. The average molecular weight is 324 g/mol. The normalized spacial score (nSPS) is 19.9. The van der Waals surface area contributed by atoms with Crippen molar-refractivity contribution in [2.45, 2.75) is 62.6 Å². The Hall–Kier alpha value is -1.48. The van der Waals surface area contributed by atoms with Crippen LogP contribution in [-0.2, 0) is 11.3 Å². The van der Waals surface area contributed by atoms with E-state index in [1.807, 2.05) is 20.8 Å². The molecule has 2 aromatic heterocycles. The predicted octanol–water partition coefficient (Wildman–Crippen LogP) is 2.21. The highest BCUT2D eigenvalue weighted by Crippen LogP contribution is 2.33. The molecule has 1 aliphatic heterocycles. The quantitative estimate of drug-likeness (QED) is 0.747. The van der Waals surface area contributed by atoms with E-state index in [9.17, 15) is 0 Å². The Morgan fingerprint density at radius 2 is 2.23 bits per heavy atom. The topological polar surface area (TPSA) is 91.8 Å². The van der Waals surface area contributed by atoms with Gasteiger partial charge < -0.3 is 9.26 Å². The molecule has 2 aromatic rings. The lowest BCUT2D eigenvalue weighted by atomic mass is 10.2. The van der Waals surface area contributed by atoms with Crippen molar-refractivity contribution in [3.8, 4) is 0 Å². The molecular formula is C13H20N6O2S. The fourth-order valence-corrected chi connectivity index (χ4v) is 3.06. The number of hydrogen-bond acceptors (Lipinski definition) is 8. The van der Waals surface area contributed by atoms with Crippen molar-refractivity contribution >= 4 is 11.8 Å². The summed E-state index contributed by atoms with van der Waals surface area (Å²) < 4.78 is 12.7. The van der Waals surface area contributed by atoms with Crippen LogP contribution < -0.4 is 0 Å². The van der Waals surface area contributed by atoms with Crippen LogP contribution in [0, 0.1) is 0 Å². The largest absolute Gasteiger partial charge is 0.376 e. The van der Waals surface area contributed by atoms with Crippen LogP contribution in [0.5, 0.6) is 0 Å². The first kappa shape index (κ1) is 15.4. The highest BCUT2D eigenvalue weighted by molar-refractivity contribution is 7.99. The summed E-state index contributed by atoms with van der Waals surface area (Å²) in [5.41, 5.74) is 0. The average Bonchev–Trinajstić information content (AvgIpc) is 3.21. The molecule has 0 unspecified atom stereocenters. The molecule has 0 radical (unpaired) electrons. The Balaban J connectivity index is 1.65. The number of hydrogen-bond donors (Lipinski definition) is 0. The minimum absolute atomic E-state index is 0.00533. The predicted molar refractivity (Wildman–Crippen MR) is 79.5 cm³/mol. The van der Waals surface area contributed by atoms with E-state index in [1.165, 1.54) is 11.8 Å². The Kier molecular flexibility index (Phi) is 4.72. The number of aromatic nitrogens is 6. The molecule has 0 spiro atoms.